The highest BCUT2D eigenvalue weighted by atomic mass is 32.1. The number of nitrogen functional groups attached to an aromatic ring is 1. The highest BCUT2D eigenvalue weighted by Crippen LogP contribution is 2.45. The molecule has 0 unspecified atom stereocenters. The van der Waals surface area contributed by atoms with Crippen LogP contribution >= 0.6 is 11.3 Å². The molecule has 5 nitrogen and oxygen atoms in total. The van der Waals surface area contributed by atoms with Crippen molar-refractivity contribution >= 4 is 27.9 Å². The van der Waals surface area contributed by atoms with Crippen LogP contribution in [0.25, 0.3) is 0 Å². The zero-order valence-electron chi connectivity index (χ0n) is 9.54. The van der Waals surface area contributed by atoms with Gasteiger partial charge in [-0.25, -0.2) is 0 Å². The van der Waals surface area contributed by atoms with Gasteiger partial charge in [0.05, 0.1) is 11.3 Å². The van der Waals surface area contributed by atoms with Gasteiger partial charge in [-0.2, -0.15) is 5.26 Å². The maximum Gasteiger partial charge on any atom is 0.253 e. The topological polar surface area (TPSA) is 105 Å². The predicted molar refractivity (Wildman–Crippen MR) is 67.8 cm³/mol. The Morgan fingerprint density at radius 3 is 2.76 bits per heavy atom. The molecule has 2 rings (SSSR count). The van der Waals surface area contributed by atoms with Crippen molar-refractivity contribution in [2.24, 2.45) is 11.1 Å². The molecule has 0 bridgehead atoms. The first-order valence-electron chi connectivity index (χ1n) is 5.33. The van der Waals surface area contributed by atoms with Crippen molar-refractivity contribution in [2.75, 3.05) is 17.6 Å². The summed E-state index contributed by atoms with van der Waals surface area (Å²) in [5, 5.41) is 12.7. The number of carbonyl (C=O) groups is 1. The maximum atomic E-state index is 11.3. The molecule has 0 aliphatic heterocycles. The fraction of sp³-hybridized carbons (Fsp3) is 0.455. The van der Waals surface area contributed by atoms with Crippen molar-refractivity contribution in [3.8, 4) is 6.07 Å². The Kier molecular flexibility index (Phi) is 2.71. The minimum atomic E-state index is -0.594. The van der Waals surface area contributed by atoms with Crippen molar-refractivity contribution in [3.05, 3.63) is 10.4 Å². The number of nitrogens with two attached hydrogens (primary N) is 2. The molecule has 0 aromatic carbocycles. The summed E-state index contributed by atoms with van der Waals surface area (Å²) in [6, 6.07) is 1.97. The average Bonchev–Trinajstić information content (AvgIpc) is 2.90. The van der Waals surface area contributed by atoms with E-state index >= 15 is 0 Å². The normalized spacial score (nSPS) is 16.2. The molecule has 0 saturated heterocycles. The van der Waals surface area contributed by atoms with Crippen molar-refractivity contribution < 1.29 is 4.79 Å². The summed E-state index contributed by atoms with van der Waals surface area (Å²) < 4.78 is 0. The number of carbonyl (C=O) groups excluding carboxylic acids is 1. The lowest BCUT2D eigenvalue weighted by Crippen LogP contribution is -2.17. The van der Waals surface area contributed by atoms with E-state index in [0.717, 1.165) is 6.54 Å². The van der Waals surface area contributed by atoms with Gasteiger partial charge >= 0.3 is 0 Å². The van der Waals surface area contributed by atoms with E-state index in [1.807, 2.05) is 6.07 Å². The lowest BCUT2D eigenvalue weighted by molar-refractivity contribution is 0.100. The fourth-order valence-electron chi connectivity index (χ4n) is 1.58. The number of amides is 1. The number of nitriles is 1. The highest BCUT2D eigenvalue weighted by molar-refractivity contribution is 7.17. The van der Waals surface area contributed by atoms with Gasteiger partial charge in [-0.3, -0.25) is 4.79 Å². The first-order valence-corrected chi connectivity index (χ1v) is 6.14. The monoisotopic (exact) mass is 250 g/mol. The van der Waals surface area contributed by atoms with Crippen LogP contribution in [0.3, 0.4) is 0 Å². The van der Waals surface area contributed by atoms with Crippen molar-refractivity contribution in [1.29, 1.82) is 5.26 Å². The Morgan fingerprint density at radius 1 is 1.65 bits per heavy atom. The van der Waals surface area contributed by atoms with Gasteiger partial charge in [0.2, 0.25) is 0 Å². The molecule has 1 saturated carbocycles. The maximum absolute atomic E-state index is 11.3. The zero-order valence-corrected chi connectivity index (χ0v) is 10.4. The first kappa shape index (κ1) is 11.7. The van der Waals surface area contributed by atoms with Gasteiger partial charge in [0.15, 0.2) is 0 Å². The van der Waals surface area contributed by atoms with E-state index in [0.29, 0.717) is 15.3 Å². The van der Waals surface area contributed by atoms with Crippen LogP contribution in [0.5, 0.6) is 0 Å². The molecule has 17 heavy (non-hydrogen) atoms. The van der Waals surface area contributed by atoms with Gasteiger partial charge in [-0.1, -0.05) is 6.92 Å². The minimum Gasteiger partial charge on any atom is -0.396 e. The van der Waals surface area contributed by atoms with Gasteiger partial charge in [0, 0.05) is 6.54 Å². The lowest BCUT2D eigenvalue weighted by Gasteiger charge is -2.10. The van der Waals surface area contributed by atoms with Gasteiger partial charge in [-0.15, -0.1) is 11.3 Å². The number of nitrogens with one attached hydrogen (secondary N) is 1. The summed E-state index contributed by atoms with van der Waals surface area (Å²) in [6.07, 6.45) is 2.36. The van der Waals surface area contributed by atoms with E-state index in [1.165, 1.54) is 24.2 Å². The van der Waals surface area contributed by atoms with Crippen molar-refractivity contribution in [3.63, 3.8) is 0 Å². The summed E-state index contributed by atoms with van der Waals surface area (Å²) in [6.45, 7) is 2.95. The van der Waals surface area contributed by atoms with E-state index in [1.54, 1.807) is 0 Å². The molecule has 1 heterocycles. The molecule has 90 valence electrons. The molecule has 5 N–H and O–H groups in total. The standard InChI is InChI=1S/C11H14N4OS/c1-11(2-3-11)5-15-10-7(9(14)16)8(13)6(4-12)17-10/h15H,2-3,5,13H2,1H3,(H2,14,16). The number of thiophene rings is 1. The summed E-state index contributed by atoms with van der Waals surface area (Å²) in [5.41, 5.74) is 11.7. The summed E-state index contributed by atoms with van der Waals surface area (Å²) >= 11 is 1.18. The van der Waals surface area contributed by atoms with Crippen molar-refractivity contribution in [1.82, 2.24) is 0 Å². The summed E-state index contributed by atoms with van der Waals surface area (Å²) in [5.74, 6) is -0.594. The van der Waals surface area contributed by atoms with Crippen molar-refractivity contribution in [2.45, 2.75) is 19.8 Å². The second-order valence-electron chi connectivity index (χ2n) is 4.69. The molecule has 1 aromatic rings. The number of hydrogen-bond acceptors (Lipinski definition) is 5. The molecule has 1 aliphatic carbocycles. The smallest absolute Gasteiger partial charge is 0.253 e. The Bertz CT molecular complexity index is 510. The van der Waals surface area contributed by atoms with E-state index in [-0.39, 0.29) is 11.3 Å². The molecule has 1 aromatic heterocycles. The molecular weight excluding hydrogens is 236 g/mol. The van der Waals surface area contributed by atoms with Crippen LogP contribution < -0.4 is 16.8 Å². The van der Waals surface area contributed by atoms with Crippen LogP contribution in [0, 0.1) is 16.7 Å². The van der Waals surface area contributed by atoms with E-state index in [2.05, 4.69) is 12.2 Å². The number of hydrogen-bond donors (Lipinski definition) is 3. The third kappa shape index (κ3) is 2.19. The first-order chi connectivity index (χ1) is 7.97. The van der Waals surface area contributed by atoms with Crippen LogP contribution in [0.2, 0.25) is 0 Å². The fourth-order valence-corrected chi connectivity index (χ4v) is 2.50. The van der Waals surface area contributed by atoms with E-state index < -0.39 is 5.91 Å². The Balaban J connectivity index is 2.26. The second kappa shape index (κ2) is 3.93. The van der Waals surface area contributed by atoms with Gasteiger partial charge in [0.1, 0.15) is 15.9 Å². The summed E-state index contributed by atoms with van der Waals surface area (Å²) in [7, 11) is 0. The van der Waals surface area contributed by atoms with E-state index in [4.69, 9.17) is 16.7 Å². The van der Waals surface area contributed by atoms with Gasteiger partial charge < -0.3 is 16.8 Å². The Morgan fingerprint density at radius 2 is 2.29 bits per heavy atom. The quantitative estimate of drug-likeness (QED) is 0.753. The van der Waals surface area contributed by atoms with Crippen LogP contribution in [0.15, 0.2) is 0 Å². The van der Waals surface area contributed by atoms with E-state index in [9.17, 15) is 4.79 Å². The molecule has 1 fully saturated rings. The Labute approximate surface area is 103 Å². The predicted octanol–water partition coefficient (Wildman–Crippen LogP) is 1.51. The van der Waals surface area contributed by atoms with Crippen LogP contribution in [-0.2, 0) is 0 Å². The van der Waals surface area contributed by atoms with Gasteiger partial charge in [-0.05, 0) is 18.3 Å². The third-order valence-electron chi connectivity index (χ3n) is 3.07. The molecule has 0 atom stereocenters. The van der Waals surface area contributed by atoms with Crippen LogP contribution in [0.4, 0.5) is 10.7 Å². The average molecular weight is 250 g/mol. The molecule has 1 amide bonds. The molecular formula is C11H14N4OS. The number of rotatable bonds is 4. The molecule has 0 radical (unpaired) electrons. The SMILES string of the molecule is CC1(CNc2sc(C#N)c(N)c2C(N)=O)CC1. The largest absolute Gasteiger partial charge is 0.396 e. The Hall–Kier alpha value is -1.74. The molecule has 0 spiro atoms. The van der Waals surface area contributed by atoms with Crippen LogP contribution in [0.1, 0.15) is 35.0 Å². The second-order valence-corrected chi connectivity index (χ2v) is 5.71. The van der Waals surface area contributed by atoms with Crippen LogP contribution in [-0.4, -0.2) is 12.5 Å². The minimum absolute atomic E-state index is 0.188. The number of anilines is 2. The zero-order chi connectivity index (χ0) is 12.6. The molecule has 6 heteroatoms. The summed E-state index contributed by atoms with van der Waals surface area (Å²) in [4.78, 5) is 11.6. The number of nitrogens with zero attached hydrogens (tertiary/aromatic N) is 1. The van der Waals surface area contributed by atoms with Gasteiger partial charge in [0.25, 0.3) is 5.91 Å². The number of primary amides is 1. The molecule has 1 aliphatic rings. The highest BCUT2D eigenvalue weighted by Gasteiger charge is 2.37. The third-order valence-corrected chi connectivity index (χ3v) is 4.14. The lowest BCUT2D eigenvalue weighted by atomic mass is 10.1.